The Morgan fingerprint density at radius 3 is 2.30 bits per heavy atom. The standard InChI is InChI=1S/C19H20N2O5S/c1-26-17-7-5-15(6-8-17)20-18(22)13-3-2-4-14(11-13)19(23)21-16-9-10-27(24,25)12-16/h2-8,11,16H,9-10,12H2,1H3,(H,20,22)(H,21,23). The largest absolute Gasteiger partial charge is 0.497 e. The van der Waals surface area contributed by atoms with E-state index in [0.29, 0.717) is 29.0 Å². The fourth-order valence-corrected chi connectivity index (χ4v) is 4.53. The quantitative estimate of drug-likeness (QED) is 0.814. The molecule has 1 saturated heterocycles. The Hall–Kier alpha value is -2.87. The van der Waals surface area contributed by atoms with Gasteiger partial charge in [-0.3, -0.25) is 9.59 Å². The molecule has 2 aromatic carbocycles. The minimum Gasteiger partial charge on any atom is -0.497 e. The lowest BCUT2D eigenvalue weighted by Crippen LogP contribution is -2.35. The smallest absolute Gasteiger partial charge is 0.255 e. The van der Waals surface area contributed by atoms with E-state index in [0.717, 1.165) is 0 Å². The van der Waals surface area contributed by atoms with Crippen LogP contribution in [0.25, 0.3) is 0 Å². The molecule has 8 heteroatoms. The van der Waals surface area contributed by atoms with E-state index in [4.69, 9.17) is 4.74 Å². The van der Waals surface area contributed by atoms with E-state index in [-0.39, 0.29) is 23.5 Å². The lowest BCUT2D eigenvalue weighted by atomic mass is 10.1. The minimum atomic E-state index is -3.07. The van der Waals surface area contributed by atoms with Crippen molar-refractivity contribution in [2.45, 2.75) is 12.5 Å². The Labute approximate surface area is 157 Å². The molecule has 0 saturated carbocycles. The third-order valence-electron chi connectivity index (χ3n) is 4.30. The second-order valence-electron chi connectivity index (χ2n) is 6.34. The van der Waals surface area contributed by atoms with Crippen LogP contribution < -0.4 is 15.4 Å². The van der Waals surface area contributed by atoms with E-state index in [1.54, 1.807) is 49.6 Å². The van der Waals surface area contributed by atoms with Crippen LogP contribution in [0.1, 0.15) is 27.1 Å². The number of sulfone groups is 1. The van der Waals surface area contributed by atoms with Gasteiger partial charge < -0.3 is 15.4 Å². The average molecular weight is 388 g/mol. The number of carbonyl (C=O) groups excluding carboxylic acids is 2. The summed E-state index contributed by atoms with van der Waals surface area (Å²) in [5.74, 6) is -0.0198. The fraction of sp³-hybridized carbons (Fsp3) is 0.263. The van der Waals surface area contributed by atoms with Gasteiger partial charge in [-0.1, -0.05) is 6.07 Å². The number of nitrogens with one attached hydrogen (secondary N) is 2. The summed E-state index contributed by atoms with van der Waals surface area (Å²) in [7, 11) is -1.51. The number of benzene rings is 2. The summed E-state index contributed by atoms with van der Waals surface area (Å²) in [4.78, 5) is 24.8. The molecule has 1 heterocycles. The first-order chi connectivity index (χ1) is 12.9. The highest BCUT2D eigenvalue weighted by atomic mass is 32.2. The molecule has 1 aliphatic rings. The molecule has 0 aromatic heterocycles. The van der Waals surface area contributed by atoms with Gasteiger partial charge in [-0.15, -0.1) is 0 Å². The molecular weight excluding hydrogens is 368 g/mol. The maximum Gasteiger partial charge on any atom is 0.255 e. The zero-order chi connectivity index (χ0) is 19.4. The molecule has 1 atom stereocenters. The molecule has 27 heavy (non-hydrogen) atoms. The summed E-state index contributed by atoms with van der Waals surface area (Å²) >= 11 is 0. The van der Waals surface area contributed by atoms with Crippen LogP contribution in [0, 0.1) is 0 Å². The number of hydrogen-bond donors (Lipinski definition) is 2. The molecule has 2 amide bonds. The number of anilines is 1. The van der Waals surface area contributed by atoms with E-state index in [9.17, 15) is 18.0 Å². The predicted octanol–water partition coefficient (Wildman–Crippen LogP) is 1.86. The first-order valence-corrected chi connectivity index (χ1v) is 10.3. The van der Waals surface area contributed by atoms with Gasteiger partial charge in [0.25, 0.3) is 11.8 Å². The number of hydrogen-bond acceptors (Lipinski definition) is 5. The second kappa shape index (κ2) is 7.79. The van der Waals surface area contributed by atoms with Gasteiger partial charge in [0.2, 0.25) is 0 Å². The molecular formula is C19H20N2O5S. The Morgan fingerprint density at radius 1 is 1.04 bits per heavy atom. The van der Waals surface area contributed by atoms with E-state index in [1.165, 1.54) is 6.07 Å². The van der Waals surface area contributed by atoms with Crippen molar-refractivity contribution in [2.75, 3.05) is 23.9 Å². The maximum absolute atomic E-state index is 12.4. The van der Waals surface area contributed by atoms with Crippen molar-refractivity contribution in [3.05, 3.63) is 59.7 Å². The fourth-order valence-electron chi connectivity index (χ4n) is 2.86. The molecule has 1 fully saturated rings. The monoisotopic (exact) mass is 388 g/mol. The zero-order valence-electron chi connectivity index (χ0n) is 14.8. The highest BCUT2D eigenvalue weighted by Gasteiger charge is 2.29. The molecule has 2 aromatic rings. The first-order valence-electron chi connectivity index (χ1n) is 8.43. The number of rotatable bonds is 5. The molecule has 1 aliphatic heterocycles. The third kappa shape index (κ3) is 4.85. The first kappa shape index (κ1) is 18.9. The molecule has 1 unspecified atom stereocenters. The lowest BCUT2D eigenvalue weighted by molar-refractivity contribution is 0.0941. The summed E-state index contributed by atoms with van der Waals surface area (Å²) in [5.41, 5.74) is 1.24. The maximum atomic E-state index is 12.4. The van der Waals surface area contributed by atoms with Crippen molar-refractivity contribution in [1.29, 1.82) is 0 Å². The van der Waals surface area contributed by atoms with Crippen molar-refractivity contribution in [3.63, 3.8) is 0 Å². The summed E-state index contributed by atoms with van der Waals surface area (Å²) in [6.45, 7) is 0. The van der Waals surface area contributed by atoms with E-state index in [1.807, 2.05) is 0 Å². The number of ether oxygens (including phenoxy) is 1. The van der Waals surface area contributed by atoms with Crippen LogP contribution in [-0.4, -0.2) is 44.9 Å². The van der Waals surface area contributed by atoms with Crippen LogP contribution in [0.15, 0.2) is 48.5 Å². The zero-order valence-corrected chi connectivity index (χ0v) is 15.6. The van der Waals surface area contributed by atoms with Gasteiger partial charge >= 0.3 is 0 Å². The Bertz CT molecular complexity index is 954. The predicted molar refractivity (Wildman–Crippen MR) is 102 cm³/mol. The number of amides is 2. The third-order valence-corrected chi connectivity index (χ3v) is 6.07. The van der Waals surface area contributed by atoms with Gasteiger partial charge in [-0.2, -0.15) is 0 Å². The molecule has 0 radical (unpaired) electrons. The highest BCUT2D eigenvalue weighted by molar-refractivity contribution is 7.91. The van der Waals surface area contributed by atoms with Crippen LogP contribution in [0.2, 0.25) is 0 Å². The lowest BCUT2D eigenvalue weighted by Gasteiger charge is -2.12. The highest BCUT2D eigenvalue weighted by Crippen LogP contribution is 2.17. The molecule has 0 bridgehead atoms. The van der Waals surface area contributed by atoms with Crippen LogP contribution in [0.4, 0.5) is 5.69 Å². The van der Waals surface area contributed by atoms with Gasteiger partial charge in [-0.05, 0) is 48.9 Å². The summed E-state index contributed by atoms with van der Waals surface area (Å²) in [6, 6.07) is 12.8. The van der Waals surface area contributed by atoms with E-state index >= 15 is 0 Å². The van der Waals surface area contributed by atoms with Crippen molar-refractivity contribution >= 4 is 27.3 Å². The summed E-state index contributed by atoms with van der Waals surface area (Å²) in [6.07, 6.45) is 0.408. The normalized spacial score (nSPS) is 17.9. The molecule has 7 nitrogen and oxygen atoms in total. The van der Waals surface area contributed by atoms with Crippen LogP contribution >= 0.6 is 0 Å². The van der Waals surface area contributed by atoms with Crippen LogP contribution in [-0.2, 0) is 9.84 Å². The summed E-state index contributed by atoms with van der Waals surface area (Å²) in [5, 5.41) is 5.47. The van der Waals surface area contributed by atoms with Crippen LogP contribution in [0.5, 0.6) is 5.75 Å². The molecule has 0 spiro atoms. The van der Waals surface area contributed by atoms with Gasteiger partial charge in [0.1, 0.15) is 5.75 Å². The Morgan fingerprint density at radius 2 is 1.70 bits per heavy atom. The SMILES string of the molecule is COc1ccc(NC(=O)c2cccc(C(=O)NC3CCS(=O)(=O)C3)c2)cc1. The van der Waals surface area contributed by atoms with Gasteiger partial charge in [0.05, 0.1) is 18.6 Å². The average Bonchev–Trinajstić information content (AvgIpc) is 3.00. The van der Waals surface area contributed by atoms with Crippen molar-refractivity contribution in [1.82, 2.24) is 5.32 Å². The number of carbonyl (C=O) groups is 2. The topological polar surface area (TPSA) is 102 Å². The van der Waals surface area contributed by atoms with E-state index in [2.05, 4.69) is 10.6 Å². The Kier molecular flexibility index (Phi) is 5.46. The van der Waals surface area contributed by atoms with Crippen LogP contribution in [0.3, 0.4) is 0 Å². The van der Waals surface area contributed by atoms with Gasteiger partial charge in [0.15, 0.2) is 9.84 Å². The summed E-state index contributed by atoms with van der Waals surface area (Å²) < 4.78 is 28.1. The molecule has 3 rings (SSSR count). The molecule has 0 aliphatic carbocycles. The van der Waals surface area contributed by atoms with Crippen molar-refractivity contribution < 1.29 is 22.7 Å². The second-order valence-corrected chi connectivity index (χ2v) is 8.57. The number of methoxy groups -OCH3 is 1. The van der Waals surface area contributed by atoms with Crippen molar-refractivity contribution in [3.8, 4) is 5.75 Å². The Balaban J connectivity index is 1.67. The molecule has 142 valence electrons. The van der Waals surface area contributed by atoms with E-state index < -0.39 is 15.7 Å². The van der Waals surface area contributed by atoms with Gasteiger partial charge in [0, 0.05) is 22.9 Å². The molecule has 2 N–H and O–H groups in total. The minimum absolute atomic E-state index is 0.0453. The van der Waals surface area contributed by atoms with Gasteiger partial charge in [-0.25, -0.2) is 8.42 Å². The van der Waals surface area contributed by atoms with Crippen molar-refractivity contribution in [2.24, 2.45) is 0 Å².